The monoisotopic (exact) mass is 327 g/mol. The normalized spacial score (nSPS) is 35.9. The Morgan fingerprint density at radius 3 is 2.71 bits per heavy atom. The first-order valence-electron chi connectivity index (χ1n) is 9.56. The molecule has 3 unspecified atom stereocenters. The van der Waals surface area contributed by atoms with Gasteiger partial charge in [-0.1, -0.05) is 43.2 Å². The molecule has 2 heterocycles. The SMILES string of the molecule is NC[C@@H]1CN(C(=O)C2CC3CCCCC3N2)C[C@H]1c1ccccc1. The Morgan fingerprint density at radius 1 is 1.17 bits per heavy atom. The number of benzene rings is 1. The molecule has 1 aromatic rings. The molecule has 4 rings (SSSR count). The van der Waals surface area contributed by atoms with Crippen molar-refractivity contribution in [1.29, 1.82) is 0 Å². The molecule has 3 aliphatic rings. The second-order valence-corrected chi connectivity index (χ2v) is 7.86. The summed E-state index contributed by atoms with van der Waals surface area (Å²) in [5.74, 6) is 1.77. The van der Waals surface area contributed by atoms with Gasteiger partial charge in [-0.3, -0.25) is 4.79 Å². The van der Waals surface area contributed by atoms with E-state index in [-0.39, 0.29) is 6.04 Å². The summed E-state index contributed by atoms with van der Waals surface area (Å²) >= 11 is 0. The number of likely N-dealkylation sites (tertiary alicyclic amines) is 1. The number of nitrogens with one attached hydrogen (secondary N) is 1. The molecule has 1 aromatic carbocycles. The lowest BCUT2D eigenvalue weighted by atomic mass is 9.85. The van der Waals surface area contributed by atoms with Gasteiger partial charge in [0, 0.05) is 25.0 Å². The highest BCUT2D eigenvalue weighted by Gasteiger charge is 2.42. The van der Waals surface area contributed by atoms with Crippen molar-refractivity contribution in [2.24, 2.45) is 17.6 Å². The molecule has 0 spiro atoms. The van der Waals surface area contributed by atoms with Crippen LogP contribution in [0.25, 0.3) is 0 Å². The maximum atomic E-state index is 13.1. The number of hydrogen-bond donors (Lipinski definition) is 2. The van der Waals surface area contributed by atoms with Crippen LogP contribution in [0.1, 0.15) is 43.6 Å². The van der Waals surface area contributed by atoms with Crippen molar-refractivity contribution >= 4 is 5.91 Å². The van der Waals surface area contributed by atoms with E-state index in [9.17, 15) is 4.79 Å². The minimum atomic E-state index is 0.0334. The van der Waals surface area contributed by atoms with Crippen molar-refractivity contribution in [2.45, 2.75) is 50.1 Å². The molecular weight excluding hydrogens is 298 g/mol. The summed E-state index contributed by atoms with van der Waals surface area (Å²) in [6.07, 6.45) is 6.21. The van der Waals surface area contributed by atoms with E-state index in [0.29, 0.717) is 36.2 Å². The lowest BCUT2D eigenvalue weighted by molar-refractivity contribution is -0.132. The number of fused-ring (bicyclic) bond motifs is 1. The predicted molar refractivity (Wildman–Crippen MR) is 95.6 cm³/mol. The fourth-order valence-corrected chi connectivity index (χ4v) is 5.10. The Balaban J connectivity index is 1.44. The summed E-state index contributed by atoms with van der Waals surface area (Å²) in [4.78, 5) is 15.1. The first-order valence-corrected chi connectivity index (χ1v) is 9.56. The number of carbonyl (C=O) groups excluding carboxylic acids is 1. The molecule has 0 radical (unpaired) electrons. The van der Waals surface area contributed by atoms with E-state index >= 15 is 0 Å². The van der Waals surface area contributed by atoms with Gasteiger partial charge in [0.25, 0.3) is 0 Å². The van der Waals surface area contributed by atoms with Crippen LogP contribution in [-0.4, -0.2) is 42.5 Å². The van der Waals surface area contributed by atoms with Crippen LogP contribution < -0.4 is 11.1 Å². The summed E-state index contributed by atoms with van der Waals surface area (Å²) in [6.45, 7) is 2.27. The summed E-state index contributed by atoms with van der Waals surface area (Å²) in [6, 6.07) is 11.2. The molecular formula is C20H29N3O. The summed E-state index contributed by atoms with van der Waals surface area (Å²) < 4.78 is 0. The van der Waals surface area contributed by atoms with Gasteiger partial charge in [-0.2, -0.15) is 0 Å². The van der Waals surface area contributed by atoms with Crippen molar-refractivity contribution in [3.05, 3.63) is 35.9 Å². The van der Waals surface area contributed by atoms with Crippen LogP contribution in [-0.2, 0) is 4.79 Å². The average molecular weight is 327 g/mol. The van der Waals surface area contributed by atoms with Gasteiger partial charge in [0.15, 0.2) is 0 Å². The summed E-state index contributed by atoms with van der Waals surface area (Å²) in [5.41, 5.74) is 7.34. The molecule has 1 aliphatic carbocycles. The number of nitrogens with zero attached hydrogens (tertiary/aromatic N) is 1. The molecule has 0 aromatic heterocycles. The highest BCUT2D eigenvalue weighted by atomic mass is 16.2. The zero-order valence-electron chi connectivity index (χ0n) is 14.4. The second-order valence-electron chi connectivity index (χ2n) is 7.86. The van der Waals surface area contributed by atoms with E-state index in [4.69, 9.17) is 5.73 Å². The van der Waals surface area contributed by atoms with Crippen LogP contribution in [0.5, 0.6) is 0 Å². The van der Waals surface area contributed by atoms with Crippen molar-refractivity contribution in [1.82, 2.24) is 10.2 Å². The Kier molecular flexibility index (Phi) is 4.59. The van der Waals surface area contributed by atoms with Crippen LogP contribution >= 0.6 is 0 Å². The van der Waals surface area contributed by atoms with Crippen LogP contribution in [0.4, 0.5) is 0 Å². The van der Waals surface area contributed by atoms with Gasteiger partial charge in [-0.15, -0.1) is 0 Å². The fourth-order valence-electron chi connectivity index (χ4n) is 5.10. The molecule has 24 heavy (non-hydrogen) atoms. The number of nitrogens with two attached hydrogens (primary N) is 1. The average Bonchev–Trinajstić information content (AvgIpc) is 3.26. The first-order chi connectivity index (χ1) is 11.8. The molecule has 3 fully saturated rings. The lowest BCUT2D eigenvalue weighted by Crippen LogP contribution is -2.44. The molecule has 4 heteroatoms. The number of hydrogen-bond acceptors (Lipinski definition) is 3. The Morgan fingerprint density at radius 2 is 1.96 bits per heavy atom. The van der Waals surface area contributed by atoms with Gasteiger partial charge < -0.3 is 16.0 Å². The van der Waals surface area contributed by atoms with E-state index < -0.39 is 0 Å². The molecule has 3 N–H and O–H groups in total. The molecule has 0 bridgehead atoms. The Labute approximate surface area is 144 Å². The Hall–Kier alpha value is -1.39. The predicted octanol–water partition coefficient (Wildman–Crippen LogP) is 2.11. The molecule has 130 valence electrons. The van der Waals surface area contributed by atoms with Crippen molar-refractivity contribution in [3.8, 4) is 0 Å². The third-order valence-corrected chi connectivity index (χ3v) is 6.44. The van der Waals surface area contributed by atoms with Gasteiger partial charge in [0.1, 0.15) is 0 Å². The quantitative estimate of drug-likeness (QED) is 0.894. The summed E-state index contributed by atoms with van der Waals surface area (Å²) in [5, 5.41) is 3.63. The van der Waals surface area contributed by atoms with Crippen LogP contribution in [0.15, 0.2) is 30.3 Å². The zero-order valence-corrected chi connectivity index (χ0v) is 14.4. The smallest absolute Gasteiger partial charge is 0.239 e. The van der Waals surface area contributed by atoms with Crippen molar-refractivity contribution < 1.29 is 4.79 Å². The Bertz CT molecular complexity index is 562. The highest BCUT2D eigenvalue weighted by Crippen LogP contribution is 2.36. The molecule has 2 aliphatic heterocycles. The first kappa shape index (κ1) is 16.1. The molecule has 1 amide bonds. The highest BCUT2D eigenvalue weighted by molar-refractivity contribution is 5.82. The van der Waals surface area contributed by atoms with E-state index in [1.807, 2.05) is 6.07 Å². The third-order valence-electron chi connectivity index (χ3n) is 6.44. The van der Waals surface area contributed by atoms with Crippen molar-refractivity contribution in [3.63, 3.8) is 0 Å². The standard InChI is InChI=1S/C20H29N3O/c21-11-16-12-23(13-17(16)14-6-2-1-3-7-14)20(24)19-10-15-8-4-5-9-18(15)22-19/h1-3,6-7,15-19,22H,4-5,8-13,21H2/t15?,16-,17+,18?,19?/m1/s1. The zero-order chi connectivity index (χ0) is 16.5. The maximum absolute atomic E-state index is 13.1. The van der Waals surface area contributed by atoms with E-state index in [2.05, 4.69) is 34.5 Å². The third kappa shape index (κ3) is 2.98. The number of amides is 1. The molecule has 2 saturated heterocycles. The molecule has 5 atom stereocenters. The lowest BCUT2D eigenvalue weighted by Gasteiger charge is -2.24. The fraction of sp³-hybridized carbons (Fsp3) is 0.650. The second kappa shape index (κ2) is 6.85. The van der Waals surface area contributed by atoms with Gasteiger partial charge in [-0.25, -0.2) is 0 Å². The maximum Gasteiger partial charge on any atom is 0.239 e. The van der Waals surface area contributed by atoms with E-state index in [0.717, 1.165) is 19.5 Å². The van der Waals surface area contributed by atoms with E-state index in [1.54, 1.807) is 0 Å². The van der Waals surface area contributed by atoms with E-state index in [1.165, 1.54) is 31.2 Å². The van der Waals surface area contributed by atoms with Gasteiger partial charge in [-0.05, 0) is 43.2 Å². The van der Waals surface area contributed by atoms with Crippen LogP contribution in [0, 0.1) is 11.8 Å². The minimum Gasteiger partial charge on any atom is -0.340 e. The molecule has 1 saturated carbocycles. The number of rotatable bonds is 3. The van der Waals surface area contributed by atoms with Crippen molar-refractivity contribution in [2.75, 3.05) is 19.6 Å². The largest absolute Gasteiger partial charge is 0.340 e. The molecule has 4 nitrogen and oxygen atoms in total. The van der Waals surface area contributed by atoms with Gasteiger partial charge >= 0.3 is 0 Å². The van der Waals surface area contributed by atoms with Gasteiger partial charge in [0.05, 0.1) is 6.04 Å². The number of carbonyl (C=O) groups is 1. The van der Waals surface area contributed by atoms with Crippen LogP contribution in [0.3, 0.4) is 0 Å². The van der Waals surface area contributed by atoms with Crippen LogP contribution in [0.2, 0.25) is 0 Å². The topological polar surface area (TPSA) is 58.4 Å². The van der Waals surface area contributed by atoms with Gasteiger partial charge in [0.2, 0.25) is 5.91 Å². The summed E-state index contributed by atoms with van der Waals surface area (Å²) in [7, 11) is 0. The minimum absolute atomic E-state index is 0.0334.